The molecule has 1 N–H and O–H groups in total. The molecule has 1 aromatic rings. The van der Waals surface area contributed by atoms with Crippen LogP contribution in [0.2, 0.25) is 0 Å². The zero-order valence-corrected chi connectivity index (χ0v) is 13.7. The molecule has 3 atom stereocenters. The summed E-state index contributed by atoms with van der Waals surface area (Å²) in [5, 5.41) is 3.51. The molecule has 2 heteroatoms. The molecule has 0 aromatic heterocycles. The Morgan fingerprint density at radius 1 is 1.10 bits per heavy atom. The molecule has 2 aliphatic rings. The first-order valence-corrected chi connectivity index (χ1v) is 8.46. The molecule has 21 heavy (non-hydrogen) atoms. The Morgan fingerprint density at radius 2 is 1.86 bits per heavy atom. The predicted molar refractivity (Wildman–Crippen MR) is 87.5 cm³/mol. The minimum Gasteiger partial charge on any atom is -0.493 e. The first-order valence-electron chi connectivity index (χ1n) is 8.46. The van der Waals surface area contributed by atoms with Crippen LogP contribution in [0.15, 0.2) is 24.3 Å². The molecule has 2 aliphatic carbocycles. The molecule has 0 spiro atoms. The highest BCUT2D eigenvalue weighted by Gasteiger charge is 2.39. The SMILES string of the molecule is CC(C)(C)NCc1ccc(OCC2CC3CCC2C3)cc1. The summed E-state index contributed by atoms with van der Waals surface area (Å²) in [7, 11) is 0. The Hall–Kier alpha value is -1.02. The van der Waals surface area contributed by atoms with E-state index >= 15 is 0 Å². The van der Waals surface area contributed by atoms with Crippen LogP contribution in [0.4, 0.5) is 0 Å². The van der Waals surface area contributed by atoms with Crippen LogP contribution in [0.5, 0.6) is 5.75 Å². The lowest BCUT2D eigenvalue weighted by Crippen LogP contribution is -2.35. The van der Waals surface area contributed by atoms with E-state index in [-0.39, 0.29) is 5.54 Å². The van der Waals surface area contributed by atoms with Crippen molar-refractivity contribution in [1.29, 1.82) is 0 Å². The highest BCUT2D eigenvalue weighted by Crippen LogP contribution is 2.48. The third kappa shape index (κ3) is 4.00. The van der Waals surface area contributed by atoms with Crippen molar-refractivity contribution < 1.29 is 4.74 Å². The van der Waals surface area contributed by atoms with E-state index in [0.717, 1.165) is 36.7 Å². The van der Waals surface area contributed by atoms with E-state index in [1.807, 2.05) is 0 Å². The first-order chi connectivity index (χ1) is 9.99. The molecule has 0 saturated heterocycles. The van der Waals surface area contributed by atoms with E-state index in [1.165, 1.54) is 31.2 Å². The molecule has 0 aliphatic heterocycles. The summed E-state index contributed by atoms with van der Waals surface area (Å²) in [6, 6.07) is 8.59. The summed E-state index contributed by atoms with van der Waals surface area (Å²) in [6.45, 7) is 8.41. The standard InChI is InChI=1S/C19H29NO/c1-19(2,3)20-12-14-5-8-18(9-6-14)21-13-17-11-15-4-7-16(17)10-15/h5-6,8-9,15-17,20H,4,7,10-13H2,1-3H3. The van der Waals surface area contributed by atoms with Gasteiger partial charge in [0.25, 0.3) is 0 Å². The second-order valence-corrected chi connectivity index (χ2v) is 7.99. The van der Waals surface area contributed by atoms with Crippen LogP contribution in [0.25, 0.3) is 0 Å². The lowest BCUT2D eigenvalue weighted by atomic mass is 9.89. The van der Waals surface area contributed by atoms with Gasteiger partial charge in [0, 0.05) is 12.1 Å². The van der Waals surface area contributed by atoms with E-state index in [1.54, 1.807) is 0 Å². The average molecular weight is 287 g/mol. The minimum atomic E-state index is 0.164. The third-order valence-electron chi connectivity index (χ3n) is 5.09. The number of nitrogens with one attached hydrogen (secondary N) is 1. The number of benzene rings is 1. The summed E-state index contributed by atoms with van der Waals surface area (Å²) in [5.74, 6) is 3.79. The fraction of sp³-hybridized carbons (Fsp3) is 0.684. The van der Waals surface area contributed by atoms with Crippen molar-refractivity contribution in [3.63, 3.8) is 0 Å². The Morgan fingerprint density at radius 3 is 2.43 bits per heavy atom. The second-order valence-electron chi connectivity index (χ2n) is 7.99. The summed E-state index contributed by atoms with van der Waals surface area (Å²) < 4.78 is 6.02. The van der Waals surface area contributed by atoms with Gasteiger partial charge in [-0.05, 0) is 75.5 Å². The van der Waals surface area contributed by atoms with Gasteiger partial charge < -0.3 is 10.1 Å². The van der Waals surface area contributed by atoms with Crippen LogP contribution in [-0.4, -0.2) is 12.1 Å². The van der Waals surface area contributed by atoms with Crippen LogP contribution >= 0.6 is 0 Å². The molecular weight excluding hydrogens is 258 g/mol. The summed E-state index contributed by atoms with van der Waals surface area (Å²) in [6.07, 6.45) is 5.77. The lowest BCUT2D eigenvalue weighted by Gasteiger charge is -2.22. The number of fused-ring (bicyclic) bond motifs is 2. The van der Waals surface area contributed by atoms with Crippen molar-refractivity contribution in [3.05, 3.63) is 29.8 Å². The van der Waals surface area contributed by atoms with E-state index in [9.17, 15) is 0 Å². The van der Waals surface area contributed by atoms with Crippen molar-refractivity contribution in [1.82, 2.24) is 5.32 Å². The topological polar surface area (TPSA) is 21.3 Å². The molecule has 3 unspecified atom stereocenters. The Bertz CT molecular complexity index is 459. The molecule has 2 bridgehead atoms. The first kappa shape index (κ1) is 14.9. The monoisotopic (exact) mass is 287 g/mol. The predicted octanol–water partition coefficient (Wildman–Crippen LogP) is 4.39. The van der Waals surface area contributed by atoms with Gasteiger partial charge in [-0.3, -0.25) is 0 Å². The summed E-state index contributed by atoms with van der Waals surface area (Å²) >= 11 is 0. The molecule has 116 valence electrons. The van der Waals surface area contributed by atoms with Gasteiger partial charge in [0.2, 0.25) is 0 Å². The molecule has 1 aromatic carbocycles. The Kier molecular flexibility index (Phi) is 4.26. The van der Waals surface area contributed by atoms with E-state index in [4.69, 9.17) is 4.74 Å². The summed E-state index contributed by atoms with van der Waals surface area (Å²) in [5.41, 5.74) is 1.48. The smallest absolute Gasteiger partial charge is 0.119 e. The van der Waals surface area contributed by atoms with Crippen LogP contribution in [0.1, 0.15) is 52.0 Å². The largest absolute Gasteiger partial charge is 0.493 e. The molecule has 0 radical (unpaired) electrons. The Labute approximate surface area is 129 Å². The van der Waals surface area contributed by atoms with Crippen molar-refractivity contribution in [2.24, 2.45) is 17.8 Å². The van der Waals surface area contributed by atoms with Crippen molar-refractivity contribution in [3.8, 4) is 5.75 Å². The molecule has 2 saturated carbocycles. The van der Waals surface area contributed by atoms with Crippen molar-refractivity contribution >= 4 is 0 Å². The van der Waals surface area contributed by atoms with Gasteiger partial charge in [0.1, 0.15) is 5.75 Å². The van der Waals surface area contributed by atoms with Gasteiger partial charge in [-0.25, -0.2) is 0 Å². The molecule has 2 fully saturated rings. The van der Waals surface area contributed by atoms with Gasteiger partial charge in [-0.15, -0.1) is 0 Å². The van der Waals surface area contributed by atoms with Gasteiger partial charge in [0.15, 0.2) is 0 Å². The fourth-order valence-corrected chi connectivity index (χ4v) is 3.85. The summed E-state index contributed by atoms with van der Waals surface area (Å²) in [4.78, 5) is 0. The zero-order valence-electron chi connectivity index (χ0n) is 13.7. The minimum absolute atomic E-state index is 0.164. The number of rotatable bonds is 5. The fourth-order valence-electron chi connectivity index (χ4n) is 3.85. The van der Waals surface area contributed by atoms with E-state index < -0.39 is 0 Å². The van der Waals surface area contributed by atoms with Crippen molar-refractivity contribution in [2.45, 2.75) is 58.5 Å². The molecule has 0 amide bonds. The second kappa shape index (κ2) is 6.00. The van der Waals surface area contributed by atoms with Gasteiger partial charge >= 0.3 is 0 Å². The number of hydrogen-bond acceptors (Lipinski definition) is 2. The maximum Gasteiger partial charge on any atom is 0.119 e. The quantitative estimate of drug-likeness (QED) is 0.867. The molecule has 0 heterocycles. The van der Waals surface area contributed by atoms with Gasteiger partial charge in [-0.2, -0.15) is 0 Å². The number of ether oxygens (including phenoxy) is 1. The van der Waals surface area contributed by atoms with Crippen molar-refractivity contribution in [2.75, 3.05) is 6.61 Å². The van der Waals surface area contributed by atoms with E-state index in [2.05, 4.69) is 50.4 Å². The third-order valence-corrected chi connectivity index (χ3v) is 5.09. The maximum atomic E-state index is 6.02. The van der Waals surface area contributed by atoms with Crippen LogP contribution in [0, 0.1) is 17.8 Å². The zero-order chi connectivity index (χ0) is 14.9. The van der Waals surface area contributed by atoms with Crippen LogP contribution in [0.3, 0.4) is 0 Å². The Balaban J connectivity index is 1.46. The highest BCUT2D eigenvalue weighted by atomic mass is 16.5. The van der Waals surface area contributed by atoms with E-state index in [0.29, 0.717) is 0 Å². The van der Waals surface area contributed by atoms with Gasteiger partial charge in [-0.1, -0.05) is 18.6 Å². The van der Waals surface area contributed by atoms with Crippen LogP contribution < -0.4 is 10.1 Å². The number of hydrogen-bond donors (Lipinski definition) is 1. The maximum absolute atomic E-state index is 6.02. The normalized spacial score (nSPS) is 28.0. The molecule has 2 nitrogen and oxygen atoms in total. The van der Waals surface area contributed by atoms with Gasteiger partial charge in [0.05, 0.1) is 6.61 Å². The average Bonchev–Trinajstić information content (AvgIpc) is 3.05. The van der Waals surface area contributed by atoms with Crippen LogP contribution in [-0.2, 0) is 6.54 Å². The molecular formula is C19H29NO. The lowest BCUT2D eigenvalue weighted by molar-refractivity contribution is 0.195. The highest BCUT2D eigenvalue weighted by molar-refractivity contribution is 5.27. The molecule has 3 rings (SSSR count).